The number of sulfonamides is 1. The van der Waals surface area contributed by atoms with Crippen molar-refractivity contribution < 1.29 is 18.3 Å². The number of benzene rings is 1. The van der Waals surface area contributed by atoms with E-state index in [2.05, 4.69) is 10.0 Å². The summed E-state index contributed by atoms with van der Waals surface area (Å²) in [6.45, 7) is 1.19. The van der Waals surface area contributed by atoms with Crippen LogP contribution in [0.15, 0.2) is 23.1 Å². The highest BCUT2D eigenvalue weighted by atomic mass is 35.5. The van der Waals surface area contributed by atoms with Gasteiger partial charge in [-0.3, -0.25) is 4.79 Å². The molecular weight excluding hydrogens is 327 g/mol. The average molecular weight is 341 g/mol. The zero-order valence-corrected chi connectivity index (χ0v) is 12.9. The molecule has 0 radical (unpaired) electrons. The number of carbonyl (C=O) groups is 1. The third-order valence-corrected chi connectivity index (χ3v) is 4.58. The number of hydrogen-bond acceptors (Lipinski definition) is 4. The molecule has 0 aliphatic carbocycles. The largest absolute Gasteiger partial charge is 0.395 e. The van der Waals surface area contributed by atoms with Gasteiger partial charge in [0.05, 0.1) is 17.7 Å². The summed E-state index contributed by atoms with van der Waals surface area (Å²) < 4.78 is 26.4. The number of amides is 1. The van der Waals surface area contributed by atoms with E-state index in [0.717, 1.165) is 0 Å². The summed E-state index contributed by atoms with van der Waals surface area (Å²) in [7, 11) is -3.97. The van der Waals surface area contributed by atoms with Gasteiger partial charge in [0, 0.05) is 11.6 Å². The molecule has 0 heterocycles. The van der Waals surface area contributed by atoms with Crippen LogP contribution in [0.25, 0.3) is 0 Å². The third kappa shape index (κ3) is 4.60. The van der Waals surface area contributed by atoms with Crippen LogP contribution < -0.4 is 10.0 Å². The van der Waals surface area contributed by atoms with Gasteiger partial charge in [-0.25, -0.2) is 8.42 Å². The zero-order valence-electron chi connectivity index (χ0n) is 10.6. The highest BCUT2D eigenvalue weighted by molar-refractivity contribution is 7.89. The molecule has 1 aromatic carbocycles. The molecule has 0 aliphatic heterocycles. The number of carbonyl (C=O) groups excluding carboxylic acids is 1. The van der Waals surface area contributed by atoms with Gasteiger partial charge in [-0.2, -0.15) is 4.72 Å². The van der Waals surface area contributed by atoms with Gasteiger partial charge in [-0.15, -0.1) is 0 Å². The fourth-order valence-corrected chi connectivity index (χ4v) is 3.33. The molecule has 0 saturated carbocycles. The Morgan fingerprint density at radius 2 is 2.05 bits per heavy atom. The van der Waals surface area contributed by atoms with E-state index in [9.17, 15) is 13.2 Å². The Labute approximate surface area is 127 Å². The normalized spacial score (nSPS) is 13.0. The number of aliphatic hydroxyl groups is 1. The third-order valence-electron chi connectivity index (χ3n) is 2.32. The van der Waals surface area contributed by atoms with Crippen molar-refractivity contribution in [3.8, 4) is 0 Å². The highest BCUT2D eigenvalue weighted by Crippen LogP contribution is 2.24. The van der Waals surface area contributed by atoms with Crippen molar-refractivity contribution in [3.05, 3.63) is 28.2 Å². The molecule has 1 atom stereocenters. The minimum absolute atomic E-state index is 0.00451. The summed E-state index contributed by atoms with van der Waals surface area (Å²) in [6, 6.07) is 3.00. The van der Waals surface area contributed by atoms with Gasteiger partial charge in [0.15, 0.2) is 0 Å². The van der Waals surface area contributed by atoms with Crippen LogP contribution in [0.5, 0.6) is 0 Å². The summed E-state index contributed by atoms with van der Waals surface area (Å²) >= 11 is 11.5. The van der Waals surface area contributed by atoms with E-state index in [4.69, 9.17) is 28.3 Å². The van der Waals surface area contributed by atoms with Crippen LogP contribution in [0.3, 0.4) is 0 Å². The summed E-state index contributed by atoms with van der Waals surface area (Å²) in [5.74, 6) is -0.555. The zero-order chi connectivity index (χ0) is 15.3. The monoisotopic (exact) mass is 340 g/mol. The fourth-order valence-electron chi connectivity index (χ4n) is 1.37. The minimum atomic E-state index is -3.97. The van der Waals surface area contributed by atoms with Gasteiger partial charge in [-0.05, 0) is 25.1 Å². The second-order valence-corrected chi connectivity index (χ2v) is 6.46. The molecule has 6 nitrogen and oxygen atoms in total. The molecule has 20 heavy (non-hydrogen) atoms. The van der Waals surface area contributed by atoms with E-state index in [-0.39, 0.29) is 28.1 Å². The lowest BCUT2D eigenvalue weighted by Gasteiger charge is -2.14. The van der Waals surface area contributed by atoms with Gasteiger partial charge in [0.1, 0.15) is 4.90 Å². The predicted octanol–water partition coefficient (Wildman–Crippen LogP) is 0.769. The lowest BCUT2D eigenvalue weighted by atomic mass is 10.3. The molecule has 0 bridgehead atoms. The van der Waals surface area contributed by atoms with Gasteiger partial charge in [-0.1, -0.05) is 23.2 Å². The van der Waals surface area contributed by atoms with E-state index >= 15 is 0 Å². The Morgan fingerprint density at radius 3 is 2.65 bits per heavy atom. The van der Waals surface area contributed by atoms with Crippen LogP contribution in [0.4, 0.5) is 0 Å². The lowest BCUT2D eigenvalue weighted by molar-refractivity contribution is -0.122. The summed E-state index contributed by atoms with van der Waals surface area (Å²) in [6.07, 6.45) is 0. The Kier molecular flexibility index (Phi) is 6.22. The molecule has 1 unspecified atom stereocenters. The summed E-state index contributed by atoms with van der Waals surface area (Å²) in [5.41, 5.74) is 0. The van der Waals surface area contributed by atoms with Crippen molar-refractivity contribution in [2.45, 2.75) is 17.9 Å². The van der Waals surface area contributed by atoms with Crippen molar-refractivity contribution in [1.29, 1.82) is 0 Å². The molecule has 1 amide bonds. The molecule has 0 spiro atoms. The quantitative estimate of drug-likeness (QED) is 0.712. The Morgan fingerprint density at radius 1 is 1.40 bits per heavy atom. The van der Waals surface area contributed by atoms with E-state index < -0.39 is 22.0 Å². The summed E-state index contributed by atoms with van der Waals surface area (Å²) in [4.78, 5) is 11.4. The van der Waals surface area contributed by atoms with Gasteiger partial charge < -0.3 is 10.4 Å². The molecule has 0 fully saturated rings. The molecular formula is C11H14Cl2N2O4S. The predicted molar refractivity (Wildman–Crippen MR) is 76.3 cm³/mol. The molecule has 0 aromatic heterocycles. The van der Waals surface area contributed by atoms with E-state index in [1.165, 1.54) is 25.1 Å². The first-order valence-corrected chi connectivity index (χ1v) is 7.88. The fraction of sp³-hybridized carbons (Fsp3) is 0.364. The van der Waals surface area contributed by atoms with Crippen LogP contribution >= 0.6 is 23.2 Å². The van der Waals surface area contributed by atoms with Crippen molar-refractivity contribution in [2.24, 2.45) is 0 Å². The number of rotatable bonds is 6. The Balaban J connectivity index is 2.89. The first kappa shape index (κ1) is 17.2. The standard InChI is InChI=1S/C11H14Cl2N2O4S/c1-7(11(17)14-4-5-16)15-20(18,19)10-6-8(12)2-3-9(10)13/h2-3,6-7,15-16H,4-5H2,1H3,(H,14,17). The van der Waals surface area contributed by atoms with Crippen LogP contribution in [0.1, 0.15) is 6.92 Å². The van der Waals surface area contributed by atoms with Crippen LogP contribution in [-0.4, -0.2) is 38.6 Å². The molecule has 0 saturated heterocycles. The van der Waals surface area contributed by atoms with Crippen molar-refractivity contribution >= 4 is 39.1 Å². The van der Waals surface area contributed by atoms with Gasteiger partial charge >= 0.3 is 0 Å². The molecule has 1 aromatic rings. The first-order valence-electron chi connectivity index (χ1n) is 5.64. The Hall–Kier alpha value is -0.860. The second-order valence-electron chi connectivity index (χ2n) is 3.93. The van der Waals surface area contributed by atoms with E-state index in [0.29, 0.717) is 0 Å². The average Bonchev–Trinajstić information content (AvgIpc) is 2.38. The number of hydrogen-bond donors (Lipinski definition) is 3. The number of halogens is 2. The van der Waals surface area contributed by atoms with E-state index in [1.54, 1.807) is 0 Å². The maximum absolute atomic E-state index is 12.1. The number of nitrogens with one attached hydrogen (secondary N) is 2. The highest BCUT2D eigenvalue weighted by Gasteiger charge is 2.24. The van der Waals surface area contributed by atoms with Crippen molar-refractivity contribution in [3.63, 3.8) is 0 Å². The maximum Gasteiger partial charge on any atom is 0.242 e. The molecule has 112 valence electrons. The van der Waals surface area contributed by atoms with Crippen LogP contribution in [0.2, 0.25) is 10.0 Å². The lowest BCUT2D eigenvalue weighted by Crippen LogP contribution is -2.45. The SMILES string of the molecule is CC(NS(=O)(=O)c1cc(Cl)ccc1Cl)C(=O)NCCO. The van der Waals surface area contributed by atoms with Crippen molar-refractivity contribution in [2.75, 3.05) is 13.2 Å². The topological polar surface area (TPSA) is 95.5 Å². The van der Waals surface area contributed by atoms with Crippen LogP contribution in [-0.2, 0) is 14.8 Å². The molecule has 1 rings (SSSR count). The maximum atomic E-state index is 12.1. The van der Waals surface area contributed by atoms with Gasteiger partial charge in [0.2, 0.25) is 15.9 Å². The van der Waals surface area contributed by atoms with E-state index in [1.807, 2.05) is 0 Å². The minimum Gasteiger partial charge on any atom is -0.395 e. The smallest absolute Gasteiger partial charge is 0.242 e. The summed E-state index contributed by atoms with van der Waals surface area (Å²) in [5, 5.41) is 11.2. The first-order chi connectivity index (χ1) is 9.27. The van der Waals surface area contributed by atoms with Gasteiger partial charge in [0.25, 0.3) is 0 Å². The van der Waals surface area contributed by atoms with Crippen LogP contribution in [0, 0.1) is 0 Å². The molecule has 3 N–H and O–H groups in total. The molecule has 9 heteroatoms. The Bertz CT molecular complexity index is 592. The second kappa shape index (κ2) is 7.24. The number of aliphatic hydroxyl groups excluding tert-OH is 1. The molecule has 0 aliphatic rings. The van der Waals surface area contributed by atoms with Crippen molar-refractivity contribution in [1.82, 2.24) is 10.0 Å².